The minimum absolute atomic E-state index is 0.0193. The third kappa shape index (κ3) is 8.05. The summed E-state index contributed by atoms with van der Waals surface area (Å²) in [6, 6.07) is 6.67. The maximum Gasteiger partial charge on any atom is 0.328 e. The molecule has 2 aromatic rings. The molecular formula is C23H30N4O5S. The SMILES string of the molecule is CNC(=O)CS[C@@H](Cc1c[nH]c2ccccc12)C(=O)N[C@@H](CCC(=O)C=N)C(=O)OC(C)C. The molecule has 9 nitrogen and oxygen atoms in total. The molecule has 0 saturated carbocycles. The van der Waals surface area contributed by atoms with Crippen LogP contribution in [0.4, 0.5) is 0 Å². The molecule has 1 heterocycles. The molecule has 1 aromatic carbocycles. The molecule has 2 amide bonds. The number of benzene rings is 1. The first-order valence-corrected chi connectivity index (χ1v) is 11.7. The molecule has 1 aromatic heterocycles. The Morgan fingerprint density at radius 3 is 2.61 bits per heavy atom. The van der Waals surface area contributed by atoms with E-state index in [-0.39, 0.29) is 30.6 Å². The number of esters is 1. The van der Waals surface area contributed by atoms with Gasteiger partial charge >= 0.3 is 5.97 Å². The van der Waals surface area contributed by atoms with Crippen molar-refractivity contribution in [2.75, 3.05) is 12.8 Å². The fourth-order valence-electron chi connectivity index (χ4n) is 3.16. The molecular weight excluding hydrogens is 444 g/mol. The predicted molar refractivity (Wildman–Crippen MR) is 128 cm³/mol. The van der Waals surface area contributed by atoms with Gasteiger partial charge in [0.15, 0.2) is 5.78 Å². The van der Waals surface area contributed by atoms with Gasteiger partial charge < -0.3 is 25.8 Å². The second-order valence-electron chi connectivity index (χ2n) is 7.73. The van der Waals surface area contributed by atoms with Crippen LogP contribution in [0.25, 0.3) is 10.9 Å². The van der Waals surface area contributed by atoms with Crippen molar-refractivity contribution >= 4 is 52.4 Å². The number of hydrogen-bond donors (Lipinski definition) is 4. The van der Waals surface area contributed by atoms with Gasteiger partial charge in [-0.15, -0.1) is 11.8 Å². The molecule has 33 heavy (non-hydrogen) atoms. The maximum atomic E-state index is 13.2. The number of ketones is 1. The van der Waals surface area contributed by atoms with Gasteiger partial charge in [-0.25, -0.2) is 4.79 Å². The lowest BCUT2D eigenvalue weighted by molar-refractivity contribution is -0.151. The number of ether oxygens (including phenoxy) is 1. The molecule has 0 radical (unpaired) electrons. The summed E-state index contributed by atoms with van der Waals surface area (Å²) in [5.74, 6) is -1.66. The van der Waals surface area contributed by atoms with E-state index in [1.807, 2.05) is 30.5 Å². The van der Waals surface area contributed by atoms with Gasteiger partial charge in [0, 0.05) is 30.6 Å². The Morgan fingerprint density at radius 1 is 1.21 bits per heavy atom. The Balaban J connectivity index is 2.21. The standard InChI is InChI=1S/C23H30N4O5S/c1-14(2)32-23(31)19(9-8-16(28)11-24)27-22(30)20(33-13-21(29)25-3)10-15-12-26-18-7-5-4-6-17(15)18/h4-7,11-12,14,19-20,24,26H,8-10,13H2,1-3H3,(H,25,29)(H,27,30)/t19-,20-/m0/s1. The van der Waals surface area contributed by atoms with Crippen molar-refractivity contribution in [1.82, 2.24) is 15.6 Å². The van der Waals surface area contributed by atoms with Gasteiger partial charge in [-0.2, -0.15) is 0 Å². The molecule has 0 spiro atoms. The Kier molecular flexibility index (Phi) is 10.1. The van der Waals surface area contributed by atoms with Crippen molar-refractivity contribution < 1.29 is 23.9 Å². The van der Waals surface area contributed by atoms with Crippen molar-refractivity contribution in [2.45, 2.75) is 50.5 Å². The first-order chi connectivity index (χ1) is 15.7. The van der Waals surface area contributed by atoms with Crippen LogP contribution in [0.15, 0.2) is 30.5 Å². The smallest absolute Gasteiger partial charge is 0.328 e. The summed E-state index contributed by atoms with van der Waals surface area (Å²) in [5.41, 5.74) is 1.85. The number of rotatable bonds is 13. The van der Waals surface area contributed by atoms with Crippen LogP contribution in [-0.2, 0) is 30.3 Å². The number of hydrogen-bond acceptors (Lipinski definition) is 7. The van der Waals surface area contributed by atoms with E-state index in [0.29, 0.717) is 12.6 Å². The number of fused-ring (bicyclic) bond motifs is 1. The zero-order valence-electron chi connectivity index (χ0n) is 19.0. The van der Waals surface area contributed by atoms with Crippen LogP contribution in [0.5, 0.6) is 0 Å². The molecule has 2 rings (SSSR count). The van der Waals surface area contributed by atoms with E-state index >= 15 is 0 Å². The maximum absolute atomic E-state index is 13.2. The second-order valence-corrected chi connectivity index (χ2v) is 8.92. The number of carbonyl (C=O) groups is 4. The highest BCUT2D eigenvalue weighted by Gasteiger charge is 2.29. The fourth-order valence-corrected chi connectivity index (χ4v) is 4.18. The lowest BCUT2D eigenvalue weighted by Crippen LogP contribution is -2.47. The molecule has 0 aliphatic heterocycles. The average Bonchev–Trinajstić information content (AvgIpc) is 3.20. The summed E-state index contributed by atoms with van der Waals surface area (Å²) in [4.78, 5) is 52.3. The van der Waals surface area contributed by atoms with Crippen LogP contribution in [0.2, 0.25) is 0 Å². The fraction of sp³-hybridized carbons (Fsp3) is 0.435. The summed E-state index contributed by atoms with van der Waals surface area (Å²) in [5, 5.41) is 12.6. The molecule has 0 aliphatic rings. The van der Waals surface area contributed by atoms with E-state index in [1.165, 1.54) is 18.8 Å². The van der Waals surface area contributed by atoms with Crippen molar-refractivity contribution in [2.24, 2.45) is 0 Å². The quantitative estimate of drug-likeness (QED) is 0.258. The minimum atomic E-state index is -1.03. The van der Waals surface area contributed by atoms with E-state index in [4.69, 9.17) is 10.1 Å². The lowest BCUT2D eigenvalue weighted by atomic mass is 10.1. The van der Waals surface area contributed by atoms with Crippen molar-refractivity contribution in [1.29, 1.82) is 5.41 Å². The molecule has 0 aliphatic carbocycles. The molecule has 178 valence electrons. The van der Waals surface area contributed by atoms with Crippen LogP contribution < -0.4 is 10.6 Å². The number of nitrogens with one attached hydrogen (secondary N) is 4. The number of para-hydroxylation sites is 1. The normalized spacial score (nSPS) is 12.7. The van der Waals surface area contributed by atoms with Crippen LogP contribution >= 0.6 is 11.8 Å². The molecule has 4 N–H and O–H groups in total. The number of aromatic amines is 1. The van der Waals surface area contributed by atoms with Crippen molar-refractivity contribution in [3.8, 4) is 0 Å². The highest BCUT2D eigenvalue weighted by molar-refractivity contribution is 8.01. The van der Waals surface area contributed by atoms with Crippen molar-refractivity contribution in [3.05, 3.63) is 36.0 Å². The van der Waals surface area contributed by atoms with E-state index in [2.05, 4.69) is 15.6 Å². The first-order valence-electron chi connectivity index (χ1n) is 10.7. The van der Waals surface area contributed by atoms with Crippen molar-refractivity contribution in [3.63, 3.8) is 0 Å². The van der Waals surface area contributed by atoms with E-state index in [9.17, 15) is 19.2 Å². The van der Waals surface area contributed by atoms with Gasteiger partial charge in [0.2, 0.25) is 11.8 Å². The van der Waals surface area contributed by atoms with E-state index in [1.54, 1.807) is 13.8 Å². The molecule has 0 fully saturated rings. The number of thioether (sulfide) groups is 1. The van der Waals surface area contributed by atoms with Crippen LogP contribution in [-0.4, -0.2) is 65.0 Å². The van der Waals surface area contributed by atoms with E-state index < -0.39 is 29.0 Å². The number of amides is 2. The zero-order chi connectivity index (χ0) is 24.4. The van der Waals surface area contributed by atoms with Gasteiger partial charge in [-0.05, 0) is 38.3 Å². The largest absolute Gasteiger partial charge is 0.461 e. The number of Topliss-reactive ketones (excluding diaryl/α,β-unsaturated/α-hetero) is 1. The Labute approximate surface area is 196 Å². The summed E-state index contributed by atoms with van der Waals surface area (Å²) in [7, 11) is 1.52. The highest BCUT2D eigenvalue weighted by atomic mass is 32.2. The number of carbonyl (C=O) groups excluding carboxylic acids is 4. The summed E-state index contributed by atoms with van der Waals surface area (Å²) >= 11 is 1.17. The number of aromatic nitrogens is 1. The summed E-state index contributed by atoms with van der Waals surface area (Å²) in [6.07, 6.45) is 2.42. The van der Waals surface area contributed by atoms with Crippen LogP contribution in [0.3, 0.4) is 0 Å². The molecule has 0 bridgehead atoms. The zero-order valence-corrected chi connectivity index (χ0v) is 19.8. The first kappa shape index (κ1) is 26.1. The highest BCUT2D eigenvalue weighted by Crippen LogP contribution is 2.24. The Hall–Kier alpha value is -3.14. The Bertz CT molecular complexity index is 1000. The summed E-state index contributed by atoms with van der Waals surface area (Å²) < 4.78 is 5.24. The van der Waals surface area contributed by atoms with E-state index in [0.717, 1.165) is 16.5 Å². The summed E-state index contributed by atoms with van der Waals surface area (Å²) in [6.45, 7) is 3.39. The molecule has 0 saturated heterocycles. The Morgan fingerprint density at radius 2 is 1.94 bits per heavy atom. The molecule has 0 unspecified atom stereocenters. The van der Waals surface area contributed by atoms with Gasteiger partial charge in [-0.1, -0.05) is 18.2 Å². The minimum Gasteiger partial charge on any atom is -0.461 e. The monoisotopic (exact) mass is 474 g/mol. The third-order valence-electron chi connectivity index (χ3n) is 4.86. The van der Waals surface area contributed by atoms with Gasteiger partial charge in [0.25, 0.3) is 0 Å². The molecule has 10 heteroatoms. The van der Waals surface area contributed by atoms with Gasteiger partial charge in [-0.3, -0.25) is 14.4 Å². The third-order valence-corrected chi connectivity index (χ3v) is 6.07. The topological polar surface area (TPSA) is 141 Å². The predicted octanol–water partition coefficient (Wildman–Crippen LogP) is 1.99. The molecule has 2 atom stereocenters. The second kappa shape index (κ2) is 12.8. The average molecular weight is 475 g/mol. The van der Waals surface area contributed by atoms with Crippen LogP contribution in [0.1, 0.15) is 32.3 Å². The lowest BCUT2D eigenvalue weighted by Gasteiger charge is -2.22. The number of H-pyrrole nitrogens is 1. The van der Waals surface area contributed by atoms with Crippen LogP contribution in [0, 0.1) is 5.41 Å². The van der Waals surface area contributed by atoms with Gasteiger partial charge in [0.1, 0.15) is 6.04 Å². The van der Waals surface area contributed by atoms with Gasteiger partial charge in [0.05, 0.1) is 23.3 Å².